The molecule has 0 bridgehead atoms. The van der Waals surface area contributed by atoms with Crippen molar-refractivity contribution in [1.82, 2.24) is 4.31 Å². The van der Waals surface area contributed by atoms with E-state index in [9.17, 15) is 13.2 Å². The number of halogens is 2. The molecule has 0 aliphatic carbocycles. The molecule has 0 saturated carbocycles. The molecule has 1 amide bonds. The molecule has 6 nitrogen and oxygen atoms in total. The van der Waals surface area contributed by atoms with Gasteiger partial charge in [0.1, 0.15) is 0 Å². The van der Waals surface area contributed by atoms with Crippen molar-refractivity contribution in [2.45, 2.75) is 4.90 Å². The lowest BCUT2D eigenvalue weighted by Gasteiger charge is -2.14. The van der Waals surface area contributed by atoms with Crippen LogP contribution in [0.5, 0.6) is 0 Å². The van der Waals surface area contributed by atoms with Gasteiger partial charge >= 0.3 is 0 Å². The van der Waals surface area contributed by atoms with Crippen LogP contribution < -0.4 is 10.6 Å². The summed E-state index contributed by atoms with van der Waals surface area (Å²) in [5.41, 5.74) is 1.03. The van der Waals surface area contributed by atoms with Crippen molar-refractivity contribution in [2.75, 3.05) is 31.3 Å². The summed E-state index contributed by atoms with van der Waals surface area (Å²) in [6.45, 7) is 0.0165. The Kier molecular flexibility index (Phi) is 6.45. The number of nitrogens with one attached hydrogen (secondary N) is 2. The number of rotatable bonds is 6. The Morgan fingerprint density at radius 3 is 2.40 bits per heavy atom. The molecule has 2 aromatic carbocycles. The topological polar surface area (TPSA) is 78.5 Å². The van der Waals surface area contributed by atoms with Crippen LogP contribution in [0.3, 0.4) is 0 Å². The summed E-state index contributed by atoms with van der Waals surface area (Å²) >= 11 is 9.39. The number of carbonyl (C=O) groups excluding carboxylic acids is 1. The molecule has 0 heterocycles. The number of carbonyl (C=O) groups is 1. The van der Waals surface area contributed by atoms with Crippen molar-refractivity contribution < 1.29 is 13.2 Å². The summed E-state index contributed by atoms with van der Waals surface area (Å²) in [6, 6.07) is 11.5. The van der Waals surface area contributed by atoms with Crippen LogP contribution in [0.2, 0.25) is 5.02 Å². The van der Waals surface area contributed by atoms with Gasteiger partial charge in [-0.15, -0.1) is 0 Å². The van der Waals surface area contributed by atoms with Crippen molar-refractivity contribution in [3.63, 3.8) is 0 Å². The quantitative estimate of drug-likeness (QED) is 0.713. The van der Waals surface area contributed by atoms with Gasteiger partial charge < -0.3 is 10.6 Å². The minimum absolute atomic E-state index is 0.0165. The average molecular weight is 447 g/mol. The maximum Gasteiger partial charge on any atom is 0.243 e. The highest BCUT2D eigenvalue weighted by Gasteiger charge is 2.19. The zero-order valence-corrected chi connectivity index (χ0v) is 16.7. The first-order valence-corrected chi connectivity index (χ1v) is 9.82. The predicted molar refractivity (Wildman–Crippen MR) is 104 cm³/mol. The summed E-state index contributed by atoms with van der Waals surface area (Å²) < 4.78 is 26.4. The first-order valence-electron chi connectivity index (χ1n) is 7.21. The molecule has 0 atom stereocenters. The van der Waals surface area contributed by atoms with Crippen LogP contribution in [0, 0.1) is 0 Å². The van der Waals surface area contributed by atoms with Crippen LogP contribution in [0.25, 0.3) is 0 Å². The first-order chi connectivity index (χ1) is 11.7. The molecule has 0 aliphatic rings. The third kappa shape index (κ3) is 5.18. The second-order valence-electron chi connectivity index (χ2n) is 5.34. The second-order valence-corrected chi connectivity index (χ2v) is 8.81. The number of nitrogens with zero attached hydrogens (tertiary/aromatic N) is 1. The van der Waals surface area contributed by atoms with Crippen molar-refractivity contribution in [2.24, 2.45) is 0 Å². The highest BCUT2D eigenvalue weighted by atomic mass is 79.9. The molecule has 0 radical (unpaired) electrons. The summed E-state index contributed by atoms with van der Waals surface area (Å²) in [4.78, 5) is 12.2. The van der Waals surface area contributed by atoms with E-state index in [2.05, 4.69) is 26.6 Å². The summed E-state index contributed by atoms with van der Waals surface area (Å²) in [7, 11) is -0.738. The minimum atomic E-state index is -3.61. The molecule has 0 saturated heterocycles. The van der Waals surface area contributed by atoms with Gasteiger partial charge in [0.15, 0.2) is 0 Å². The minimum Gasteiger partial charge on any atom is -0.376 e. The van der Waals surface area contributed by atoms with Crippen LogP contribution in [0.15, 0.2) is 51.8 Å². The van der Waals surface area contributed by atoms with E-state index in [1.165, 1.54) is 32.3 Å². The van der Waals surface area contributed by atoms with Gasteiger partial charge in [-0.25, -0.2) is 12.7 Å². The number of sulfonamides is 1. The molecule has 0 spiro atoms. The smallest absolute Gasteiger partial charge is 0.243 e. The molecule has 0 aliphatic heterocycles. The Bertz CT molecular complexity index is 871. The molecule has 9 heteroatoms. The van der Waals surface area contributed by atoms with E-state index in [4.69, 9.17) is 11.6 Å². The summed E-state index contributed by atoms with van der Waals surface area (Å²) in [5.74, 6) is -0.343. The van der Waals surface area contributed by atoms with Gasteiger partial charge in [-0.05, 0) is 42.5 Å². The predicted octanol–water partition coefficient (Wildman–Crippen LogP) is 3.40. The normalized spacial score (nSPS) is 11.4. The fraction of sp³-hybridized carbons (Fsp3) is 0.188. The number of hydrogen-bond acceptors (Lipinski definition) is 4. The molecule has 25 heavy (non-hydrogen) atoms. The lowest BCUT2D eigenvalue weighted by Crippen LogP contribution is -2.24. The van der Waals surface area contributed by atoms with Crippen molar-refractivity contribution >= 4 is 54.8 Å². The van der Waals surface area contributed by atoms with Crippen LogP contribution in [0.4, 0.5) is 11.4 Å². The van der Waals surface area contributed by atoms with Gasteiger partial charge in [-0.1, -0.05) is 27.5 Å². The zero-order chi connectivity index (χ0) is 18.6. The Morgan fingerprint density at radius 1 is 1.16 bits per heavy atom. The van der Waals surface area contributed by atoms with Crippen molar-refractivity contribution in [3.05, 3.63) is 52.0 Å². The van der Waals surface area contributed by atoms with Crippen molar-refractivity contribution in [3.8, 4) is 0 Å². The molecule has 0 fully saturated rings. The fourth-order valence-electron chi connectivity index (χ4n) is 1.92. The van der Waals surface area contributed by atoms with Crippen LogP contribution in [0.1, 0.15) is 0 Å². The number of hydrogen-bond donors (Lipinski definition) is 2. The maximum absolute atomic E-state index is 12.2. The van der Waals surface area contributed by atoms with E-state index < -0.39 is 10.0 Å². The standard InChI is InChI=1S/C16H17BrClN3O3S/c1-21(2)25(23,24)13-7-8-14(18)15(9-13)20-16(22)10-19-12-5-3-11(17)4-6-12/h3-9,19H,10H2,1-2H3,(H,20,22). The third-order valence-electron chi connectivity index (χ3n) is 3.29. The average Bonchev–Trinajstić information content (AvgIpc) is 2.56. The van der Waals surface area contributed by atoms with E-state index in [0.29, 0.717) is 0 Å². The number of benzene rings is 2. The van der Waals surface area contributed by atoms with E-state index in [1.807, 2.05) is 24.3 Å². The van der Waals surface area contributed by atoms with Gasteiger partial charge in [0.2, 0.25) is 15.9 Å². The lowest BCUT2D eigenvalue weighted by molar-refractivity contribution is -0.114. The Hall–Kier alpha value is -1.61. The van der Waals surface area contributed by atoms with Crippen LogP contribution >= 0.6 is 27.5 Å². The van der Waals surface area contributed by atoms with E-state index in [-0.39, 0.29) is 28.1 Å². The molecule has 2 rings (SSSR count). The maximum atomic E-state index is 12.2. The monoisotopic (exact) mass is 445 g/mol. The number of amides is 1. The third-order valence-corrected chi connectivity index (χ3v) is 5.96. The fourth-order valence-corrected chi connectivity index (χ4v) is 3.27. The summed E-state index contributed by atoms with van der Waals surface area (Å²) in [5, 5.41) is 5.85. The highest BCUT2D eigenvalue weighted by molar-refractivity contribution is 9.10. The molecular formula is C16H17BrClN3O3S. The Morgan fingerprint density at radius 2 is 1.80 bits per heavy atom. The second kappa shape index (κ2) is 8.18. The molecule has 134 valence electrons. The van der Waals surface area contributed by atoms with E-state index >= 15 is 0 Å². The van der Waals surface area contributed by atoms with Gasteiger partial charge in [0, 0.05) is 24.3 Å². The number of anilines is 2. The van der Waals surface area contributed by atoms with Crippen LogP contribution in [-0.2, 0) is 14.8 Å². The molecule has 0 unspecified atom stereocenters. The first kappa shape index (κ1) is 19.7. The van der Waals surface area contributed by atoms with Gasteiger partial charge in [-0.2, -0.15) is 0 Å². The molecule has 2 N–H and O–H groups in total. The lowest BCUT2D eigenvalue weighted by atomic mass is 10.3. The molecular weight excluding hydrogens is 430 g/mol. The molecule has 0 aromatic heterocycles. The Labute approximate surface area is 160 Å². The molecule has 2 aromatic rings. The summed E-state index contributed by atoms with van der Waals surface area (Å²) in [6.07, 6.45) is 0. The Balaban J connectivity index is 2.08. The van der Waals surface area contributed by atoms with Crippen LogP contribution in [-0.4, -0.2) is 39.3 Å². The van der Waals surface area contributed by atoms with Gasteiger partial charge in [0.05, 0.1) is 22.2 Å². The zero-order valence-electron chi connectivity index (χ0n) is 13.6. The van der Waals surface area contributed by atoms with Gasteiger partial charge in [-0.3, -0.25) is 4.79 Å². The highest BCUT2D eigenvalue weighted by Crippen LogP contribution is 2.26. The van der Waals surface area contributed by atoms with E-state index in [0.717, 1.165) is 14.5 Å². The van der Waals surface area contributed by atoms with Crippen molar-refractivity contribution in [1.29, 1.82) is 0 Å². The van der Waals surface area contributed by atoms with Gasteiger partial charge in [0.25, 0.3) is 0 Å². The largest absolute Gasteiger partial charge is 0.376 e. The SMILES string of the molecule is CN(C)S(=O)(=O)c1ccc(Cl)c(NC(=O)CNc2ccc(Br)cc2)c1. The van der Waals surface area contributed by atoms with E-state index in [1.54, 1.807) is 0 Å².